The van der Waals surface area contributed by atoms with Crippen molar-refractivity contribution in [3.63, 3.8) is 0 Å². The van der Waals surface area contributed by atoms with E-state index in [0.29, 0.717) is 10.9 Å². The van der Waals surface area contributed by atoms with Gasteiger partial charge in [-0.15, -0.1) is 0 Å². The molecule has 3 rings (SSSR count). The number of nitrogens with zero attached hydrogens (tertiary/aromatic N) is 2. The zero-order chi connectivity index (χ0) is 15.0. The molecule has 1 aromatic carbocycles. The van der Waals surface area contributed by atoms with E-state index in [4.69, 9.17) is 16.7 Å². The molecule has 106 valence electrons. The van der Waals surface area contributed by atoms with Crippen LogP contribution in [-0.4, -0.2) is 21.0 Å². The van der Waals surface area contributed by atoms with Crippen LogP contribution in [0.25, 0.3) is 10.2 Å². The summed E-state index contributed by atoms with van der Waals surface area (Å²) in [6.45, 7) is 2.02. The second-order valence-electron chi connectivity index (χ2n) is 4.45. The molecule has 2 N–H and O–H groups in total. The summed E-state index contributed by atoms with van der Waals surface area (Å²) in [5.41, 5.74) is 1.87. The summed E-state index contributed by atoms with van der Waals surface area (Å²) in [4.78, 5) is 19.4. The van der Waals surface area contributed by atoms with Gasteiger partial charge >= 0.3 is 5.97 Å². The Morgan fingerprint density at radius 2 is 2.10 bits per heavy atom. The summed E-state index contributed by atoms with van der Waals surface area (Å²) >= 11 is 7.27. The first-order valence-electron chi connectivity index (χ1n) is 6.07. The van der Waals surface area contributed by atoms with Crippen molar-refractivity contribution in [3.8, 4) is 0 Å². The molecule has 0 saturated heterocycles. The van der Waals surface area contributed by atoms with E-state index in [1.54, 1.807) is 6.07 Å². The second kappa shape index (κ2) is 5.31. The molecule has 0 aliphatic heterocycles. The molecule has 0 radical (unpaired) electrons. The van der Waals surface area contributed by atoms with E-state index in [1.165, 1.54) is 17.4 Å². The van der Waals surface area contributed by atoms with E-state index in [9.17, 15) is 4.79 Å². The van der Waals surface area contributed by atoms with Gasteiger partial charge in [0.15, 0.2) is 10.8 Å². The van der Waals surface area contributed by atoms with Crippen molar-refractivity contribution >= 4 is 50.1 Å². The molecule has 0 saturated carbocycles. The highest BCUT2D eigenvalue weighted by atomic mass is 35.5. The van der Waals surface area contributed by atoms with E-state index in [0.717, 1.165) is 15.8 Å². The molecule has 0 amide bonds. The number of thiazole rings is 1. The lowest BCUT2D eigenvalue weighted by atomic mass is 10.2. The minimum atomic E-state index is -1.16. The molecule has 0 aliphatic rings. The number of hydrogen-bond donors (Lipinski definition) is 2. The average molecular weight is 320 g/mol. The lowest BCUT2D eigenvalue weighted by Crippen LogP contribution is -2.03. The summed E-state index contributed by atoms with van der Waals surface area (Å²) < 4.78 is 1.06. The zero-order valence-corrected chi connectivity index (χ0v) is 12.5. The topological polar surface area (TPSA) is 75.1 Å². The lowest BCUT2D eigenvalue weighted by molar-refractivity contribution is 0.0691. The van der Waals surface area contributed by atoms with Crippen LogP contribution in [0.2, 0.25) is 5.02 Å². The van der Waals surface area contributed by atoms with E-state index < -0.39 is 5.97 Å². The number of nitrogens with one attached hydrogen (secondary N) is 1. The predicted molar refractivity (Wildman–Crippen MR) is 83.8 cm³/mol. The number of carboxylic acid groups (broad SMARTS) is 1. The fourth-order valence-corrected chi connectivity index (χ4v) is 3.01. The number of aryl methyl sites for hydroxylation is 1. The molecule has 2 aromatic heterocycles. The summed E-state index contributed by atoms with van der Waals surface area (Å²) in [5, 5.41) is 12.8. The van der Waals surface area contributed by atoms with Gasteiger partial charge in [-0.1, -0.05) is 29.0 Å². The van der Waals surface area contributed by atoms with Crippen LogP contribution in [0.15, 0.2) is 30.3 Å². The molecule has 2 heterocycles. The number of hydrogen-bond acceptors (Lipinski definition) is 5. The van der Waals surface area contributed by atoms with Gasteiger partial charge in [-0.3, -0.25) is 0 Å². The maximum atomic E-state index is 11.0. The van der Waals surface area contributed by atoms with E-state index in [1.807, 2.05) is 19.1 Å². The average Bonchev–Trinajstić information content (AvgIpc) is 2.82. The van der Waals surface area contributed by atoms with E-state index in [-0.39, 0.29) is 10.7 Å². The maximum absolute atomic E-state index is 11.0. The van der Waals surface area contributed by atoms with Gasteiger partial charge in [0.1, 0.15) is 5.82 Å². The smallest absolute Gasteiger partial charge is 0.356 e. The van der Waals surface area contributed by atoms with Gasteiger partial charge in [0, 0.05) is 0 Å². The van der Waals surface area contributed by atoms with Crippen molar-refractivity contribution in [2.24, 2.45) is 0 Å². The third-order valence-electron chi connectivity index (χ3n) is 2.83. The monoisotopic (exact) mass is 319 g/mol. The molecule has 0 fully saturated rings. The van der Waals surface area contributed by atoms with Crippen molar-refractivity contribution in [3.05, 3.63) is 46.6 Å². The highest BCUT2D eigenvalue weighted by Gasteiger charge is 2.12. The normalized spacial score (nSPS) is 10.8. The number of anilines is 2. The van der Waals surface area contributed by atoms with Crippen LogP contribution in [0.5, 0.6) is 0 Å². The first kappa shape index (κ1) is 13.8. The first-order chi connectivity index (χ1) is 10.0. The van der Waals surface area contributed by atoms with Gasteiger partial charge in [0.2, 0.25) is 0 Å². The van der Waals surface area contributed by atoms with Crippen LogP contribution >= 0.6 is 22.9 Å². The minimum absolute atomic E-state index is 0.105. The molecule has 0 spiro atoms. The fourth-order valence-electron chi connectivity index (χ4n) is 1.86. The number of fused-ring (bicyclic) bond motifs is 1. The molecule has 5 nitrogen and oxygen atoms in total. The predicted octanol–water partition coefficient (Wildman–Crippen LogP) is 4.09. The van der Waals surface area contributed by atoms with Gasteiger partial charge in [-0.2, -0.15) is 0 Å². The fraction of sp³-hybridized carbons (Fsp3) is 0.0714. The summed E-state index contributed by atoms with van der Waals surface area (Å²) in [5.74, 6) is -0.767. The zero-order valence-electron chi connectivity index (χ0n) is 10.9. The van der Waals surface area contributed by atoms with Gasteiger partial charge in [0.05, 0.1) is 15.2 Å². The number of halogens is 1. The Morgan fingerprint density at radius 1 is 1.29 bits per heavy atom. The Labute approximate surface area is 129 Å². The SMILES string of the molecule is Cc1ccc2nc(Nc3ccc(Cl)c(C(=O)O)n3)sc2c1. The lowest BCUT2D eigenvalue weighted by Gasteiger charge is -2.03. The highest BCUT2D eigenvalue weighted by Crippen LogP contribution is 2.29. The number of aromatic carboxylic acids is 1. The second-order valence-corrected chi connectivity index (χ2v) is 5.89. The van der Waals surface area contributed by atoms with Gasteiger partial charge < -0.3 is 10.4 Å². The first-order valence-corrected chi connectivity index (χ1v) is 7.26. The Bertz CT molecular complexity index is 847. The molecule has 0 atom stereocenters. The third-order valence-corrected chi connectivity index (χ3v) is 4.07. The molecule has 21 heavy (non-hydrogen) atoms. The van der Waals surface area contributed by atoms with Crippen molar-refractivity contribution in [2.45, 2.75) is 6.92 Å². The largest absolute Gasteiger partial charge is 0.476 e. The molecule has 7 heteroatoms. The van der Waals surface area contributed by atoms with Crippen molar-refractivity contribution in [1.82, 2.24) is 9.97 Å². The Morgan fingerprint density at radius 3 is 2.86 bits per heavy atom. The van der Waals surface area contributed by atoms with Crippen molar-refractivity contribution < 1.29 is 9.90 Å². The summed E-state index contributed by atoms with van der Waals surface area (Å²) in [6.07, 6.45) is 0. The van der Waals surface area contributed by atoms with Crippen LogP contribution < -0.4 is 5.32 Å². The van der Waals surface area contributed by atoms with Crippen LogP contribution in [-0.2, 0) is 0 Å². The molecule has 0 unspecified atom stereocenters. The van der Waals surface area contributed by atoms with Crippen molar-refractivity contribution in [2.75, 3.05) is 5.32 Å². The quantitative estimate of drug-likeness (QED) is 0.760. The Kier molecular flexibility index (Phi) is 3.48. The summed E-state index contributed by atoms with van der Waals surface area (Å²) in [6, 6.07) is 9.11. The van der Waals surface area contributed by atoms with Crippen LogP contribution in [0.1, 0.15) is 16.1 Å². The number of carboxylic acids is 1. The van der Waals surface area contributed by atoms with Gasteiger partial charge in [-0.05, 0) is 36.8 Å². The van der Waals surface area contributed by atoms with Crippen molar-refractivity contribution in [1.29, 1.82) is 0 Å². The number of carbonyl (C=O) groups is 1. The standard InChI is InChI=1S/C14H10ClN3O2S/c1-7-2-4-9-10(6-7)21-14(16-9)18-11-5-3-8(15)12(17-11)13(19)20/h2-6H,1H3,(H,19,20)(H,16,17,18). The number of pyridine rings is 1. The van der Waals surface area contributed by atoms with Gasteiger partial charge in [0.25, 0.3) is 0 Å². The Balaban J connectivity index is 1.94. The van der Waals surface area contributed by atoms with Crippen LogP contribution in [0, 0.1) is 6.92 Å². The summed E-state index contributed by atoms with van der Waals surface area (Å²) in [7, 11) is 0. The maximum Gasteiger partial charge on any atom is 0.356 e. The Hall–Kier alpha value is -2.18. The molecular weight excluding hydrogens is 310 g/mol. The van der Waals surface area contributed by atoms with E-state index in [2.05, 4.69) is 21.4 Å². The highest BCUT2D eigenvalue weighted by molar-refractivity contribution is 7.22. The van der Waals surface area contributed by atoms with E-state index >= 15 is 0 Å². The molecule has 3 aromatic rings. The van der Waals surface area contributed by atoms with Gasteiger partial charge in [-0.25, -0.2) is 14.8 Å². The number of rotatable bonds is 3. The van der Waals surface area contributed by atoms with Crippen LogP contribution in [0.3, 0.4) is 0 Å². The molecule has 0 aliphatic carbocycles. The number of aromatic nitrogens is 2. The molecule has 0 bridgehead atoms. The minimum Gasteiger partial charge on any atom is -0.476 e. The van der Waals surface area contributed by atoms with Crippen LogP contribution in [0.4, 0.5) is 10.9 Å². The molecular formula is C14H10ClN3O2S. The third kappa shape index (κ3) is 2.81. The number of benzene rings is 1.